The molecule has 0 aromatic heterocycles. The highest BCUT2D eigenvalue weighted by atomic mass is 16.5. The van der Waals surface area contributed by atoms with Gasteiger partial charge < -0.3 is 29.0 Å². The number of hydrogen-bond donors (Lipinski definition) is 1. The topological polar surface area (TPSA) is 63.6 Å². The van der Waals surface area contributed by atoms with Gasteiger partial charge in [0, 0.05) is 32.7 Å². The fourth-order valence-corrected chi connectivity index (χ4v) is 3.55. The largest absolute Gasteiger partial charge is 0.495 e. The lowest BCUT2D eigenvalue weighted by molar-refractivity contribution is 0.0643. The second kappa shape index (κ2) is 10.2. The van der Waals surface area contributed by atoms with Crippen LogP contribution in [0.5, 0.6) is 23.0 Å². The molecule has 1 aliphatic rings. The van der Waals surface area contributed by atoms with Gasteiger partial charge in [-0.1, -0.05) is 18.2 Å². The third-order valence-electron chi connectivity index (χ3n) is 5.07. The zero-order valence-electron chi connectivity index (χ0n) is 17.3. The van der Waals surface area contributed by atoms with Gasteiger partial charge in [-0.3, -0.25) is 4.90 Å². The Balaban J connectivity index is 1.50. The van der Waals surface area contributed by atoms with Crippen LogP contribution in [0, 0.1) is 0 Å². The quantitative estimate of drug-likeness (QED) is 0.690. The molecule has 7 heteroatoms. The molecular formula is C22H30N2O5. The summed E-state index contributed by atoms with van der Waals surface area (Å²) in [5.74, 6) is 2.57. The van der Waals surface area contributed by atoms with Crippen LogP contribution < -0.4 is 23.8 Å². The van der Waals surface area contributed by atoms with E-state index in [4.69, 9.17) is 18.9 Å². The van der Waals surface area contributed by atoms with Gasteiger partial charge in [-0.25, -0.2) is 0 Å². The number of aliphatic hydroxyl groups excluding tert-OH is 1. The van der Waals surface area contributed by atoms with Crippen LogP contribution in [0.15, 0.2) is 42.5 Å². The average Bonchev–Trinajstić information content (AvgIpc) is 2.77. The maximum absolute atomic E-state index is 10.5. The van der Waals surface area contributed by atoms with Crippen molar-refractivity contribution < 1.29 is 24.1 Å². The van der Waals surface area contributed by atoms with Crippen LogP contribution >= 0.6 is 0 Å². The van der Waals surface area contributed by atoms with E-state index in [-0.39, 0.29) is 6.61 Å². The molecule has 0 radical (unpaired) electrons. The highest BCUT2D eigenvalue weighted by Crippen LogP contribution is 2.36. The van der Waals surface area contributed by atoms with Gasteiger partial charge in [0.2, 0.25) is 5.75 Å². The molecular weight excluding hydrogens is 372 g/mol. The first-order valence-corrected chi connectivity index (χ1v) is 9.78. The maximum Gasteiger partial charge on any atom is 0.203 e. The van der Waals surface area contributed by atoms with Crippen LogP contribution in [-0.4, -0.2) is 76.8 Å². The third kappa shape index (κ3) is 5.25. The number of methoxy groups -OCH3 is 3. The lowest BCUT2D eigenvalue weighted by Crippen LogP contribution is -2.49. The molecule has 0 spiro atoms. The van der Waals surface area contributed by atoms with Crippen LogP contribution in [0.1, 0.15) is 0 Å². The summed E-state index contributed by atoms with van der Waals surface area (Å²) in [7, 11) is 4.86. The molecule has 0 unspecified atom stereocenters. The standard InChI is InChI=1S/C22H30N2O5/c1-26-19-8-5-4-7-18(19)24-13-11-23(12-14-24)15-17(25)16-29-22-20(27-2)9-6-10-21(22)28-3/h4-10,17,25H,11-16H2,1-3H3/t17-/m1/s1. The second-order valence-corrected chi connectivity index (χ2v) is 6.92. The first-order chi connectivity index (χ1) is 14.2. The molecule has 0 amide bonds. The van der Waals surface area contributed by atoms with E-state index in [9.17, 15) is 5.11 Å². The number of ether oxygens (including phenoxy) is 4. The third-order valence-corrected chi connectivity index (χ3v) is 5.07. The molecule has 1 fully saturated rings. The fraction of sp³-hybridized carbons (Fsp3) is 0.455. The van der Waals surface area contributed by atoms with Gasteiger partial charge in [0.05, 0.1) is 27.0 Å². The number of aliphatic hydroxyl groups is 1. The molecule has 29 heavy (non-hydrogen) atoms. The molecule has 3 rings (SSSR count). The molecule has 7 nitrogen and oxygen atoms in total. The molecule has 1 aliphatic heterocycles. The van der Waals surface area contributed by atoms with Crippen LogP contribution in [0.2, 0.25) is 0 Å². The molecule has 1 saturated heterocycles. The van der Waals surface area contributed by atoms with Crippen molar-refractivity contribution in [2.45, 2.75) is 6.10 Å². The Morgan fingerprint density at radius 3 is 2.03 bits per heavy atom. The summed E-state index contributed by atoms with van der Waals surface area (Å²) in [6.07, 6.45) is -0.609. The van der Waals surface area contributed by atoms with Crippen molar-refractivity contribution in [1.82, 2.24) is 4.90 Å². The summed E-state index contributed by atoms with van der Waals surface area (Å²) in [4.78, 5) is 4.57. The van der Waals surface area contributed by atoms with E-state index in [0.29, 0.717) is 23.8 Å². The minimum absolute atomic E-state index is 0.170. The van der Waals surface area contributed by atoms with Crippen molar-refractivity contribution in [3.05, 3.63) is 42.5 Å². The Morgan fingerprint density at radius 1 is 0.828 bits per heavy atom. The minimum atomic E-state index is -0.609. The van der Waals surface area contributed by atoms with Crippen LogP contribution in [0.4, 0.5) is 5.69 Å². The van der Waals surface area contributed by atoms with Crippen molar-refractivity contribution in [2.24, 2.45) is 0 Å². The van der Waals surface area contributed by atoms with Crippen molar-refractivity contribution >= 4 is 5.69 Å². The Hall–Kier alpha value is -2.64. The smallest absolute Gasteiger partial charge is 0.203 e. The van der Waals surface area contributed by atoms with Gasteiger partial charge in [0.1, 0.15) is 18.5 Å². The van der Waals surface area contributed by atoms with Gasteiger partial charge in [-0.05, 0) is 24.3 Å². The number of nitrogens with zero attached hydrogens (tertiary/aromatic N) is 2. The normalized spacial score (nSPS) is 15.7. The van der Waals surface area contributed by atoms with E-state index in [1.54, 1.807) is 33.5 Å². The number of anilines is 1. The molecule has 1 N–H and O–H groups in total. The summed E-state index contributed by atoms with van der Waals surface area (Å²) in [6, 6.07) is 13.5. The van der Waals surface area contributed by atoms with Crippen LogP contribution in [0.25, 0.3) is 0 Å². The Bertz CT molecular complexity index is 755. The SMILES string of the molecule is COc1ccccc1N1CCN(C[C@@H](O)COc2c(OC)cccc2OC)CC1. The number of β-amino-alcohol motifs (C(OH)–C–C–N with tert-alkyl or cyclic N) is 1. The highest BCUT2D eigenvalue weighted by Gasteiger charge is 2.22. The number of benzene rings is 2. The van der Waals surface area contributed by atoms with Crippen LogP contribution in [-0.2, 0) is 0 Å². The zero-order chi connectivity index (χ0) is 20.6. The predicted molar refractivity (Wildman–Crippen MR) is 113 cm³/mol. The van der Waals surface area contributed by atoms with Crippen LogP contribution in [0.3, 0.4) is 0 Å². The van der Waals surface area contributed by atoms with Crippen molar-refractivity contribution in [3.63, 3.8) is 0 Å². The minimum Gasteiger partial charge on any atom is -0.495 e. The molecule has 2 aromatic carbocycles. The van der Waals surface area contributed by atoms with Gasteiger partial charge in [-0.2, -0.15) is 0 Å². The van der Waals surface area contributed by atoms with E-state index in [2.05, 4.69) is 15.9 Å². The molecule has 1 heterocycles. The summed E-state index contributed by atoms with van der Waals surface area (Å²) >= 11 is 0. The first-order valence-electron chi connectivity index (χ1n) is 9.78. The number of rotatable bonds is 9. The Labute approximate surface area is 172 Å². The average molecular weight is 402 g/mol. The summed E-state index contributed by atoms with van der Waals surface area (Å²) in [5, 5.41) is 10.5. The molecule has 158 valence electrons. The second-order valence-electron chi connectivity index (χ2n) is 6.92. The lowest BCUT2D eigenvalue weighted by atomic mass is 10.2. The number of hydrogen-bond acceptors (Lipinski definition) is 7. The molecule has 1 atom stereocenters. The van der Waals surface area contributed by atoms with Gasteiger partial charge in [0.25, 0.3) is 0 Å². The van der Waals surface area contributed by atoms with Gasteiger partial charge in [-0.15, -0.1) is 0 Å². The van der Waals surface area contributed by atoms with E-state index in [0.717, 1.165) is 37.6 Å². The molecule has 0 bridgehead atoms. The summed E-state index contributed by atoms with van der Waals surface area (Å²) in [5.41, 5.74) is 1.11. The van der Waals surface area contributed by atoms with Gasteiger partial charge in [0.15, 0.2) is 11.5 Å². The van der Waals surface area contributed by atoms with Crippen molar-refractivity contribution in [3.8, 4) is 23.0 Å². The fourth-order valence-electron chi connectivity index (χ4n) is 3.55. The maximum atomic E-state index is 10.5. The van der Waals surface area contributed by atoms with E-state index < -0.39 is 6.10 Å². The van der Waals surface area contributed by atoms with E-state index in [1.807, 2.05) is 24.3 Å². The molecule has 0 saturated carbocycles. The molecule has 0 aliphatic carbocycles. The monoisotopic (exact) mass is 402 g/mol. The lowest BCUT2D eigenvalue weighted by Gasteiger charge is -2.37. The Kier molecular flexibility index (Phi) is 7.43. The van der Waals surface area contributed by atoms with Crippen molar-refractivity contribution in [2.75, 3.05) is 65.6 Å². The summed E-state index contributed by atoms with van der Waals surface area (Å²) < 4.78 is 21.9. The van der Waals surface area contributed by atoms with Gasteiger partial charge >= 0.3 is 0 Å². The van der Waals surface area contributed by atoms with Crippen molar-refractivity contribution in [1.29, 1.82) is 0 Å². The van der Waals surface area contributed by atoms with E-state index >= 15 is 0 Å². The van der Waals surface area contributed by atoms with E-state index in [1.165, 1.54) is 0 Å². The predicted octanol–water partition coefficient (Wildman–Crippen LogP) is 2.27. The zero-order valence-corrected chi connectivity index (χ0v) is 17.3. The number of para-hydroxylation sites is 3. The number of piperazine rings is 1. The Morgan fingerprint density at radius 2 is 1.41 bits per heavy atom. The molecule has 2 aromatic rings. The highest BCUT2D eigenvalue weighted by molar-refractivity contribution is 5.58. The first kappa shape index (κ1) is 21.1. The summed E-state index contributed by atoms with van der Waals surface area (Å²) in [6.45, 7) is 4.23.